The maximum Gasteiger partial charge on any atom is 0.230 e. The van der Waals surface area contributed by atoms with E-state index in [4.69, 9.17) is 0 Å². The first-order chi connectivity index (χ1) is 9.04. The number of carbonyl (C=O) groups is 1. The summed E-state index contributed by atoms with van der Waals surface area (Å²) in [4.78, 5) is 12.5. The summed E-state index contributed by atoms with van der Waals surface area (Å²) >= 11 is 0. The Labute approximate surface area is 115 Å². The lowest BCUT2D eigenvalue weighted by atomic mass is 9.63. The summed E-state index contributed by atoms with van der Waals surface area (Å²) in [7, 11) is 0. The van der Waals surface area contributed by atoms with Crippen molar-refractivity contribution in [2.45, 2.75) is 57.1 Å². The molecule has 0 aromatic heterocycles. The van der Waals surface area contributed by atoms with Gasteiger partial charge >= 0.3 is 0 Å². The second-order valence-electron chi connectivity index (χ2n) is 5.76. The summed E-state index contributed by atoms with van der Waals surface area (Å²) in [6, 6.07) is 10.0. The van der Waals surface area contributed by atoms with E-state index < -0.39 is 0 Å². The first-order valence-corrected chi connectivity index (χ1v) is 7.09. The zero-order chi connectivity index (χ0) is 13.9. The molecule has 2 atom stereocenters. The summed E-state index contributed by atoms with van der Waals surface area (Å²) in [5.41, 5.74) is 0.775. The molecule has 3 heteroatoms. The molecule has 0 bridgehead atoms. The highest BCUT2D eigenvalue weighted by atomic mass is 16.3. The lowest BCUT2D eigenvalue weighted by molar-refractivity contribution is -0.130. The normalized spacial score (nSPS) is 20.2. The summed E-state index contributed by atoms with van der Waals surface area (Å²) in [5, 5.41) is 12.4. The molecular weight excluding hydrogens is 238 g/mol. The van der Waals surface area contributed by atoms with Crippen LogP contribution in [0, 0.1) is 0 Å². The van der Waals surface area contributed by atoms with Gasteiger partial charge in [0.15, 0.2) is 0 Å². The quantitative estimate of drug-likeness (QED) is 0.855. The SMILES string of the molecule is CC(O)CC(C)NC(=O)C1(c2ccccc2)CCC1. The van der Waals surface area contributed by atoms with Crippen LogP contribution >= 0.6 is 0 Å². The van der Waals surface area contributed by atoms with Crippen molar-refractivity contribution in [3.63, 3.8) is 0 Å². The first-order valence-electron chi connectivity index (χ1n) is 7.09. The Balaban J connectivity index is 2.08. The number of hydrogen-bond donors (Lipinski definition) is 2. The van der Waals surface area contributed by atoms with E-state index in [1.807, 2.05) is 37.3 Å². The number of benzene rings is 1. The third-order valence-electron chi connectivity index (χ3n) is 4.04. The van der Waals surface area contributed by atoms with Crippen molar-refractivity contribution < 1.29 is 9.90 Å². The van der Waals surface area contributed by atoms with Gasteiger partial charge in [-0.1, -0.05) is 36.8 Å². The number of nitrogens with one attached hydrogen (secondary N) is 1. The molecule has 1 aromatic rings. The fourth-order valence-electron chi connectivity index (χ4n) is 2.87. The van der Waals surface area contributed by atoms with Crippen molar-refractivity contribution >= 4 is 5.91 Å². The van der Waals surface area contributed by atoms with E-state index in [9.17, 15) is 9.90 Å². The molecule has 1 amide bonds. The van der Waals surface area contributed by atoms with E-state index in [0.29, 0.717) is 6.42 Å². The van der Waals surface area contributed by atoms with E-state index in [2.05, 4.69) is 5.32 Å². The van der Waals surface area contributed by atoms with Gasteiger partial charge in [0, 0.05) is 6.04 Å². The van der Waals surface area contributed by atoms with E-state index in [-0.39, 0.29) is 23.5 Å². The molecule has 0 heterocycles. The van der Waals surface area contributed by atoms with E-state index >= 15 is 0 Å². The maximum absolute atomic E-state index is 12.5. The van der Waals surface area contributed by atoms with Gasteiger partial charge in [0.05, 0.1) is 11.5 Å². The molecule has 104 valence electrons. The Morgan fingerprint density at radius 2 is 1.95 bits per heavy atom. The number of hydrogen-bond acceptors (Lipinski definition) is 2. The van der Waals surface area contributed by atoms with Gasteiger partial charge in [0.1, 0.15) is 0 Å². The molecule has 2 N–H and O–H groups in total. The van der Waals surface area contributed by atoms with Crippen LogP contribution in [0.25, 0.3) is 0 Å². The highest BCUT2D eigenvalue weighted by Gasteiger charge is 2.45. The van der Waals surface area contributed by atoms with Crippen LogP contribution in [0.1, 0.15) is 45.1 Å². The second kappa shape index (κ2) is 5.74. The van der Waals surface area contributed by atoms with Crippen LogP contribution in [-0.4, -0.2) is 23.2 Å². The van der Waals surface area contributed by atoms with Gasteiger partial charge in [-0.25, -0.2) is 0 Å². The van der Waals surface area contributed by atoms with E-state index in [0.717, 1.165) is 24.8 Å². The minimum atomic E-state index is -0.385. The highest BCUT2D eigenvalue weighted by Crippen LogP contribution is 2.43. The van der Waals surface area contributed by atoms with Gasteiger partial charge in [-0.05, 0) is 38.7 Å². The molecule has 1 fully saturated rings. The average Bonchev–Trinajstić information content (AvgIpc) is 2.27. The molecule has 0 spiro atoms. The average molecular weight is 261 g/mol. The lowest BCUT2D eigenvalue weighted by Gasteiger charge is -2.41. The Morgan fingerprint density at radius 3 is 2.42 bits per heavy atom. The first kappa shape index (κ1) is 14.1. The monoisotopic (exact) mass is 261 g/mol. The fourth-order valence-corrected chi connectivity index (χ4v) is 2.87. The van der Waals surface area contributed by atoms with E-state index in [1.54, 1.807) is 6.92 Å². The molecule has 19 heavy (non-hydrogen) atoms. The number of rotatable bonds is 5. The predicted octanol–water partition coefficient (Wildman–Crippen LogP) is 2.38. The van der Waals surface area contributed by atoms with Crippen LogP contribution in [0.5, 0.6) is 0 Å². The zero-order valence-electron chi connectivity index (χ0n) is 11.7. The van der Waals surface area contributed by atoms with Gasteiger partial charge in [-0.3, -0.25) is 4.79 Å². The molecule has 1 aromatic carbocycles. The molecule has 0 saturated heterocycles. The predicted molar refractivity (Wildman–Crippen MR) is 75.9 cm³/mol. The van der Waals surface area contributed by atoms with Crippen molar-refractivity contribution in [2.24, 2.45) is 0 Å². The smallest absolute Gasteiger partial charge is 0.230 e. The van der Waals surface area contributed by atoms with Gasteiger partial charge in [0.25, 0.3) is 0 Å². The minimum Gasteiger partial charge on any atom is -0.393 e. The van der Waals surface area contributed by atoms with Crippen LogP contribution in [-0.2, 0) is 10.2 Å². The number of carbonyl (C=O) groups excluding carboxylic acids is 1. The molecule has 0 aliphatic heterocycles. The molecule has 1 aliphatic carbocycles. The second-order valence-corrected chi connectivity index (χ2v) is 5.76. The van der Waals surface area contributed by atoms with Crippen LogP contribution in [0.2, 0.25) is 0 Å². The van der Waals surface area contributed by atoms with Crippen LogP contribution < -0.4 is 5.32 Å². The van der Waals surface area contributed by atoms with Crippen molar-refractivity contribution in [1.82, 2.24) is 5.32 Å². The van der Waals surface area contributed by atoms with Crippen molar-refractivity contribution in [2.75, 3.05) is 0 Å². The number of aliphatic hydroxyl groups excluding tert-OH is 1. The maximum atomic E-state index is 12.5. The zero-order valence-corrected chi connectivity index (χ0v) is 11.7. The highest BCUT2D eigenvalue weighted by molar-refractivity contribution is 5.89. The summed E-state index contributed by atoms with van der Waals surface area (Å²) in [5.74, 6) is 0.109. The number of amides is 1. The topological polar surface area (TPSA) is 49.3 Å². The molecular formula is C16H23NO2. The number of aliphatic hydroxyl groups is 1. The van der Waals surface area contributed by atoms with Gasteiger partial charge in [-0.2, -0.15) is 0 Å². The van der Waals surface area contributed by atoms with Crippen molar-refractivity contribution in [3.8, 4) is 0 Å². The molecule has 2 rings (SSSR count). The molecule has 0 radical (unpaired) electrons. The Morgan fingerprint density at radius 1 is 1.32 bits per heavy atom. The fraction of sp³-hybridized carbons (Fsp3) is 0.562. The van der Waals surface area contributed by atoms with Gasteiger partial charge in [0.2, 0.25) is 5.91 Å². The lowest BCUT2D eigenvalue weighted by Crippen LogP contribution is -2.51. The van der Waals surface area contributed by atoms with Crippen molar-refractivity contribution in [3.05, 3.63) is 35.9 Å². The Bertz CT molecular complexity index is 424. The van der Waals surface area contributed by atoms with Gasteiger partial charge in [-0.15, -0.1) is 0 Å². The van der Waals surface area contributed by atoms with E-state index in [1.165, 1.54) is 0 Å². The Kier molecular flexibility index (Phi) is 4.25. The molecule has 1 saturated carbocycles. The summed E-state index contributed by atoms with van der Waals surface area (Å²) in [6.45, 7) is 3.70. The molecule has 3 nitrogen and oxygen atoms in total. The molecule has 2 unspecified atom stereocenters. The third kappa shape index (κ3) is 2.98. The largest absolute Gasteiger partial charge is 0.393 e. The summed E-state index contributed by atoms with van der Waals surface area (Å²) < 4.78 is 0. The van der Waals surface area contributed by atoms with Crippen LogP contribution in [0.3, 0.4) is 0 Å². The molecule has 1 aliphatic rings. The van der Waals surface area contributed by atoms with Crippen LogP contribution in [0.15, 0.2) is 30.3 Å². The standard InChI is InChI=1S/C16H23NO2/c1-12(11-13(2)18)17-15(19)16(9-6-10-16)14-7-4-3-5-8-14/h3-5,7-8,12-13,18H,6,9-11H2,1-2H3,(H,17,19). The van der Waals surface area contributed by atoms with Crippen LogP contribution in [0.4, 0.5) is 0 Å². The Hall–Kier alpha value is -1.35. The van der Waals surface area contributed by atoms with Crippen molar-refractivity contribution in [1.29, 1.82) is 0 Å². The van der Waals surface area contributed by atoms with Gasteiger partial charge < -0.3 is 10.4 Å². The minimum absolute atomic E-state index is 0.00804. The summed E-state index contributed by atoms with van der Waals surface area (Å²) in [6.07, 6.45) is 3.16. The third-order valence-corrected chi connectivity index (χ3v) is 4.04.